The van der Waals surface area contributed by atoms with Gasteiger partial charge in [0, 0.05) is 11.9 Å². The van der Waals surface area contributed by atoms with Crippen molar-refractivity contribution in [2.24, 2.45) is 0 Å². The van der Waals surface area contributed by atoms with Gasteiger partial charge in [0.1, 0.15) is 5.01 Å². The summed E-state index contributed by atoms with van der Waals surface area (Å²) in [5.41, 5.74) is 0.393. The van der Waals surface area contributed by atoms with Crippen molar-refractivity contribution < 1.29 is 9.53 Å². The predicted octanol–water partition coefficient (Wildman–Crippen LogP) is 0.991. The van der Waals surface area contributed by atoms with Crippen molar-refractivity contribution in [3.8, 4) is 0 Å². The van der Waals surface area contributed by atoms with Crippen LogP contribution in [0.5, 0.6) is 0 Å². The molecule has 0 bridgehead atoms. The first-order chi connectivity index (χ1) is 6.13. The summed E-state index contributed by atoms with van der Waals surface area (Å²) in [7, 11) is 5.27. The Morgan fingerprint density at radius 3 is 2.92 bits per heavy atom. The van der Waals surface area contributed by atoms with E-state index in [2.05, 4.69) is 9.72 Å². The standard InChI is InChI=1S/C8H12N2O2S/c1-10(2)4-7-9-6(5-13-7)8(11)12-3/h5H,4H2,1-3H3. The molecule has 0 radical (unpaired) electrons. The second kappa shape index (κ2) is 4.34. The lowest BCUT2D eigenvalue weighted by molar-refractivity contribution is 0.0594. The van der Waals surface area contributed by atoms with Crippen LogP contribution in [-0.2, 0) is 11.3 Å². The number of hydrogen-bond donors (Lipinski definition) is 0. The fraction of sp³-hybridized carbons (Fsp3) is 0.500. The number of ether oxygens (including phenoxy) is 1. The van der Waals surface area contributed by atoms with Crippen LogP contribution in [0.2, 0.25) is 0 Å². The Bertz CT molecular complexity index is 296. The molecule has 0 N–H and O–H groups in total. The molecule has 1 aromatic rings. The largest absolute Gasteiger partial charge is 0.464 e. The van der Waals surface area contributed by atoms with Crippen molar-refractivity contribution in [3.05, 3.63) is 16.1 Å². The lowest BCUT2D eigenvalue weighted by atomic mass is 10.5. The molecule has 1 heterocycles. The van der Waals surface area contributed by atoms with Crippen molar-refractivity contribution in [2.45, 2.75) is 6.54 Å². The lowest BCUT2D eigenvalue weighted by Gasteiger charge is -2.04. The molecule has 0 aliphatic carbocycles. The van der Waals surface area contributed by atoms with E-state index < -0.39 is 0 Å². The molecule has 1 rings (SSSR count). The first kappa shape index (κ1) is 10.1. The van der Waals surface area contributed by atoms with Crippen LogP contribution in [0.3, 0.4) is 0 Å². The Morgan fingerprint density at radius 2 is 2.38 bits per heavy atom. The van der Waals surface area contributed by atoms with Gasteiger partial charge in [0.2, 0.25) is 0 Å². The van der Waals surface area contributed by atoms with Gasteiger partial charge in [-0.3, -0.25) is 0 Å². The third-order valence-electron chi connectivity index (χ3n) is 1.40. The van der Waals surface area contributed by atoms with E-state index in [-0.39, 0.29) is 5.97 Å². The number of carbonyl (C=O) groups excluding carboxylic acids is 1. The molecular formula is C8H12N2O2S. The van der Waals surface area contributed by atoms with E-state index in [1.807, 2.05) is 19.0 Å². The summed E-state index contributed by atoms with van der Waals surface area (Å²) in [4.78, 5) is 17.1. The highest BCUT2D eigenvalue weighted by Gasteiger charge is 2.10. The zero-order chi connectivity index (χ0) is 9.84. The monoisotopic (exact) mass is 200 g/mol. The summed E-state index contributed by atoms with van der Waals surface area (Å²) in [6.07, 6.45) is 0. The maximum Gasteiger partial charge on any atom is 0.357 e. The second-order valence-corrected chi connectivity index (χ2v) is 3.80. The zero-order valence-corrected chi connectivity index (χ0v) is 8.72. The Hall–Kier alpha value is -0.940. The molecule has 1 aromatic heterocycles. The van der Waals surface area contributed by atoms with Crippen LogP contribution in [0.4, 0.5) is 0 Å². The maximum atomic E-state index is 11.0. The molecule has 0 aliphatic rings. The topological polar surface area (TPSA) is 42.4 Å². The maximum absolute atomic E-state index is 11.0. The van der Waals surface area contributed by atoms with Crippen LogP contribution in [0.15, 0.2) is 5.38 Å². The minimum absolute atomic E-state index is 0.374. The van der Waals surface area contributed by atoms with E-state index in [0.29, 0.717) is 5.69 Å². The number of esters is 1. The van der Waals surface area contributed by atoms with Crippen LogP contribution in [0.25, 0.3) is 0 Å². The zero-order valence-electron chi connectivity index (χ0n) is 7.90. The van der Waals surface area contributed by atoms with Crippen molar-refractivity contribution in [1.29, 1.82) is 0 Å². The second-order valence-electron chi connectivity index (χ2n) is 2.86. The molecule has 0 amide bonds. The summed E-state index contributed by atoms with van der Waals surface area (Å²) < 4.78 is 4.55. The molecule has 0 saturated heterocycles. The molecule has 0 spiro atoms. The van der Waals surface area contributed by atoms with Crippen LogP contribution in [0.1, 0.15) is 15.5 Å². The van der Waals surface area contributed by atoms with Crippen molar-refractivity contribution >= 4 is 17.3 Å². The third kappa shape index (κ3) is 2.78. The van der Waals surface area contributed by atoms with E-state index in [9.17, 15) is 4.79 Å². The molecule has 0 aromatic carbocycles. The van der Waals surface area contributed by atoms with Gasteiger partial charge in [-0.05, 0) is 14.1 Å². The Kier molecular flexibility index (Phi) is 3.39. The summed E-state index contributed by atoms with van der Waals surface area (Å²) in [5, 5.41) is 2.63. The normalized spacial score (nSPS) is 10.5. The SMILES string of the molecule is COC(=O)c1csc(CN(C)C)n1. The van der Waals surface area contributed by atoms with Gasteiger partial charge >= 0.3 is 5.97 Å². The molecule has 0 fully saturated rings. The van der Waals surface area contributed by atoms with Gasteiger partial charge in [-0.15, -0.1) is 11.3 Å². The average molecular weight is 200 g/mol. The van der Waals surface area contributed by atoms with E-state index in [1.54, 1.807) is 5.38 Å². The summed E-state index contributed by atoms with van der Waals surface area (Å²) in [6.45, 7) is 0.752. The fourth-order valence-corrected chi connectivity index (χ4v) is 1.73. The quantitative estimate of drug-likeness (QED) is 0.682. The van der Waals surface area contributed by atoms with Crippen LogP contribution < -0.4 is 0 Å². The highest BCUT2D eigenvalue weighted by atomic mass is 32.1. The first-order valence-electron chi connectivity index (χ1n) is 3.81. The van der Waals surface area contributed by atoms with Gasteiger partial charge in [0.25, 0.3) is 0 Å². The molecule has 72 valence electrons. The number of carbonyl (C=O) groups is 1. The van der Waals surface area contributed by atoms with Gasteiger partial charge < -0.3 is 9.64 Å². The fourth-order valence-electron chi connectivity index (χ4n) is 0.852. The van der Waals surface area contributed by atoms with Gasteiger partial charge in [-0.2, -0.15) is 0 Å². The molecule has 0 saturated carbocycles. The van der Waals surface area contributed by atoms with E-state index in [0.717, 1.165) is 11.6 Å². The lowest BCUT2D eigenvalue weighted by Crippen LogP contribution is -2.11. The Balaban J connectivity index is 2.69. The van der Waals surface area contributed by atoms with Crippen LogP contribution in [0, 0.1) is 0 Å². The van der Waals surface area contributed by atoms with Crippen molar-refractivity contribution in [2.75, 3.05) is 21.2 Å². The minimum atomic E-state index is -0.374. The first-order valence-corrected chi connectivity index (χ1v) is 4.69. The molecular weight excluding hydrogens is 188 g/mol. The highest BCUT2D eigenvalue weighted by Crippen LogP contribution is 2.11. The van der Waals surface area contributed by atoms with E-state index in [4.69, 9.17) is 0 Å². The van der Waals surface area contributed by atoms with Gasteiger partial charge in [-0.25, -0.2) is 9.78 Å². The molecule has 0 atom stereocenters. The molecule has 13 heavy (non-hydrogen) atoms. The van der Waals surface area contributed by atoms with Gasteiger partial charge in [0.05, 0.1) is 7.11 Å². The number of thiazole rings is 1. The van der Waals surface area contributed by atoms with Crippen LogP contribution in [-0.4, -0.2) is 37.1 Å². The number of methoxy groups -OCH3 is 1. The Labute approximate surface area is 81.2 Å². The molecule has 0 aliphatic heterocycles. The number of aromatic nitrogens is 1. The number of rotatable bonds is 3. The third-order valence-corrected chi connectivity index (χ3v) is 2.23. The summed E-state index contributed by atoms with van der Waals surface area (Å²) >= 11 is 1.47. The predicted molar refractivity (Wildman–Crippen MR) is 50.8 cm³/mol. The van der Waals surface area contributed by atoms with Crippen molar-refractivity contribution in [3.63, 3.8) is 0 Å². The molecule has 4 nitrogen and oxygen atoms in total. The van der Waals surface area contributed by atoms with Gasteiger partial charge in [0.15, 0.2) is 5.69 Å². The van der Waals surface area contributed by atoms with Gasteiger partial charge in [-0.1, -0.05) is 0 Å². The Morgan fingerprint density at radius 1 is 1.69 bits per heavy atom. The molecule has 5 heteroatoms. The number of hydrogen-bond acceptors (Lipinski definition) is 5. The molecule has 0 unspecified atom stereocenters. The number of nitrogens with zero attached hydrogens (tertiary/aromatic N) is 2. The average Bonchev–Trinajstić information content (AvgIpc) is 2.50. The van der Waals surface area contributed by atoms with E-state index >= 15 is 0 Å². The van der Waals surface area contributed by atoms with Crippen LogP contribution >= 0.6 is 11.3 Å². The smallest absolute Gasteiger partial charge is 0.357 e. The minimum Gasteiger partial charge on any atom is -0.464 e. The highest BCUT2D eigenvalue weighted by molar-refractivity contribution is 7.09. The summed E-state index contributed by atoms with van der Waals surface area (Å²) in [5.74, 6) is -0.374. The van der Waals surface area contributed by atoms with Crippen molar-refractivity contribution in [1.82, 2.24) is 9.88 Å². The van der Waals surface area contributed by atoms with E-state index in [1.165, 1.54) is 18.4 Å². The summed E-state index contributed by atoms with van der Waals surface area (Å²) in [6, 6.07) is 0.